The summed E-state index contributed by atoms with van der Waals surface area (Å²) in [6.45, 7) is 1.44. The lowest BCUT2D eigenvalue weighted by atomic mass is 10.2. The number of aryl methyl sites for hydroxylation is 1. The van der Waals surface area contributed by atoms with Gasteiger partial charge >= 0.3 is 0 Å². The van der Waals surface area contributed by atoms with E-state index in [9.17, 15) is 4.79 Å². The summed E-state index contributed by atoms with van der Waals surface area (Å²) < 4.78 is 5.49. The number of nitrogens with one attached hydrogen (secondary N) is 1. The summed E-state index contributed by atoms with van der Waals surface area (Å²) in [5.74, 6) is 0.0615. The maximum atomic E-state index is 11.8. The topological polar surface area (TPSA) is 64.1 Å². The van der Waals surface area contributed by atoms with Crippen molar-refractivity contribution in [1.29, 1.82) is 0 Å². The van der Waals surface area contributed by atoms with Crippen LogP contribution in [0.15, 0.2) is 29.9 Å². The van der Waals surface area contributed by atoms with Gasteiger partial charge in [-0.15, -0.1) is 11.3 Å². The van der Waals surface area contributed by atoms with E-state index in [4.69, 9.17) is 4.74 Å². The molecular formula is C16H19N3O2S. The molecule has 3 heterocycles. The van der Waals surface area contributed by atoms with Crippen LogP contribution in [0.1, 0.15) is 25.0 Å². The Bertz CT molecular complexity index is 609. The van der Waals surface area contributed by atoms with E-state index in [-0.39, 0.29) is 12.0 Å². The van der Waals surface area contributed by atoms with Crippen molar-refractivity contribution in [2.24, 2.45) is 0 Å². The molecule has 1 fully saturated rings. The molecule has 116 valence electrons. The molecule has 1 saturated heterocycles. The third-order valence-corrected chi connectivity index (χ3v) is 4.56. The van der Waals surface area contributed by atoms with Crippen molar-refractivity contribution in [3.8, 4) is 10.6 Å². The smallest absolute Gasteiger partial charge is 0.220 e. The maximum absolute atomic E-state index is 11.8. The molecule has 1 amide bonds. The Morgan fingerprint density at radius 1 is 1.50 bits per heavy atom. The number of aromatic nitrogens is 2. The van der Waals surface area contributed by atoms with Gasteiger partial charge in [0.05, 0.1) is 11.8 Å². The first kappa shape index (κ1) is 15.1. The molecule has 1 N–H and O–H groups in total. The quantitative estimate of drug-likeness (QED) is 0.889. The van der Waals surface area contributed by atoms with Gasteiger partial charge in [-0.05, 0) is 31.4 Å². The van der Waals surface area contributed by atoms with Crippen LogP contribution in [0.2, 0.25) is 0 Å². The fourth-order valence-corrected chi connectivity index (χ4v) is 3.25. The molecule has 1 atom stereocenters. The lowest BCUT2D eigenvalue weighted by Crippen LogP contribution is -2.31. The third-order valence-electron chi connectivity index (χ3n) is 3.62. The van der Waals surface area contributed by atoms with Crippen molar-refractivity contribution in [3.05, 3.63) is 35.6 Å². The van der Waals surface area contributed by atoms with E-state index in [0.29, 0.717) is 19.4 Å². The first-order valence-electron chi connectivity index (χ1n) is 7.54. The highest BCUT2D eigenvalue weighted by atomic mass is 32.1. The van der Waals surface area contributed by atoms with Crippen LogP contribution in [0.25, 0.3) is 10.6 Å². The van der Waals surface area contributed by atoms with E-state index in [1.54, 1.807) is 23.7 Å². The molecule has 1 aliphatic heterocycles. The molecule has 0 radical (unpaired) electrons. The number of amides is 1. The first-order valence-corrected chi connectivity index (χ1v) is 8.42. The van der Waals surface area contributed by atoms with Gasteiger partial charge in [-0.3, -0.25) is 9.78 Å². The van der Waals surface area contributed by atoms with Crippen LogP contribution in [0.4, 0.5) is 0 Å². The molecule has 0 aliphatic carbocycles. The van der Waals surface area contributed by atoms with Crippen molar-refractivity contribution < 1.29 is 9.53 Å². The van der Waals surface area contributed by atoms with Crippen LogP contribution < -0.4 is 5.32 Å². The number of carbonyl (C=O) groups is 1. The number of carbonyl (C=O) groups excluding carboxylic acids is 1. The average molecular weight is 317 g/mol. The predicted molar refractivity (Wildman–Crippen MR) is 85.6 cm³/mol. The molecule has 1 unspecified atom stereocenters. The summed E-state index contributed by atoms with van der Waals surface area (Å²) in [5.41, 5.74) is 1.97. The van der Waals surface area contributed by atoms with Crippen LogP contribution >= 0.6 is 11.3 Å². The second kappa shape index (κ2) is 7.47. The average Bonchev–Trinajstić information content (AvgIpc) is 3.23. The molecule has 2 aromatic heterocycles. The van der Waals surface area contributed by atoms with Crippen molar-refractivity contribution in [3.63, 3.8) is 0 Å². The maximum Gasteiger partial charge on any atom is 0.220 e. The van der Waals surface area contributed by atoms with Crippen LogP contribution in [0.5, 0.6) is 0 Å². The van der Waals surface area contributed by atoms with Gasteiger partial charge in [0.1, 0.15) is 5.01 Å². The number of hydrogen-bond donors (Lipinski definition) is 1. The summed E-state index contributed by atoms with van der Waals surface area (Å²) >= 11 is 1.59. The van der Waals surface area contributed by atoms with E-state index in [1.165, 1.54) is 0 Å². The van der Waals surface area contributed by atoms with Crippen molar-refractivity contribution in [1.82, 2.24) is 15.3 Å². The lowest BCUT2D eigenvalue weighted by molar-refractivity contribution is -0.121. The number of pyridine rings is 1. The molecule has 0 aromatic carbocycles. The van der Waals surface area contributed by atoms with E-state index in [1.807, 2.05) is 17.5 Å². The minimum atomic E-state index is 0.0615. The van der Waals surface area contributed by atoms with E-state index in [2.05, 4.69) is 15.3 Å². The van der Waals surface area contributed by atoms with Crippen molar-refractivity contribution >= 4 is 17.2 Å². The van der Waals surface area contributed by atoms with Crippen LogP contribution in [-0.2, 0) is 16.0 Å². The Morgan fingerprint density at radius 2 is 2.45 bits per heavy atom. The zero-order chi connectivity index (χ0) is 15.2. The Labute approximate surface area is 133 Å². The number of ether oxygens (including phenoxy) is 1. The molecule has 0 saturated carbocycles. The molecule has 1 aliphatic rings. The number of hydrogen-bond acceptors (Lipinski definition) is 5. The minimum absolute atomic E-state index is 0.0615. The van der Waals surface area contributed by atoms with Crippen LogP contribution in [0, 0.1) is 0 Å². The van der Waals surface area contributed by atoms with E-state index >= 15 is 0 Å². The summed E-state index contributed by atoms with van der Waals surface area (Å²) in [5, 5.41) is 5.89. The van der Waals surface area contributed by atoms with Gasteiger partial charge in [0.25, 0.3) is 0 Å². The van der Waals surface area contributed by atoms with Crippen molar-refractivity contribution in [2.45, 2.75) is 31.8 Å². The monoisotopic (exact) mass is 317 g/mol. The highest BCUT2D eigenvalue weighted by molar-refractivity contribution is 7.13. The van der Waals surface area contributed by atoms with Gasteiger partial charge in [0.15, 0.2) is 0 Å². The lowest BCUT2D eigenvalue weighted by Gasteiger charge is -2.10. The first-order chi connectivity index (χ1) is 10.8. The fraction of sp³-hybridized carbons (Fsp3) is 0.438. The van der Waals surface area contributed by atoms with Gasteiger partial charge < -0.3 is 10.1 Å². The molecule has 6 heteroatoms. The van der Waals surface area contributed by atoms with Gasteiger partial charge in [-0.1, -0.05) is 0 Å². The minimum Gasteiger partial charge on any atom is -0.376 e. The summed E-state index contributed by atoms with van der Waals surface area (Å²) in [6, 6.07) is 3.89. The number of thiazole rings is 1. The molecule has 0 spiro atoms. The molecule has 2 aromatic rings. The standard InChI is InChI=1S/C16H19N3O2S/c20-15(18-10-14-4-2-8-21-14)6-5-13-11-22-16(19-13)12-3-1-7-17-9-12/h1,3,7,9,11,14H,2,4-6,8,10H2,(H,18,20). The predicted octanol–water partition coefficient (Wildman–Crippen LogP) is 2.43. The van der Waals surface area contributed by atoms with Crippen molar-refractivity contribution in [2.75, 3.05) is 13.2 Å². The highest BCUT2D eigenvalue weighted by Crippen LogP contribution is 2.23. The summed E-state index contributed by atoms with van der Waals surface area (Å²) in [7, 11) is 0. The Kier molecular flexibility index (Phi) is 5.13. The number of rotatable bonds is 6. The molecule has 5 nitrogen and oxygen atoms in total. The van der Waals surface area contributed by atoms with E-state index in [0.717, 1.165) is 35.7 Å². The normalized spacial score (nSPS) is 17.5. The van der Waals surface area contributed by atoms with Gasteiger partial charge in [0, 0.05) is 42.9 Å². The highest BCUT2D eigenvalue weighted by Gasteiger charge is 2.16. The molecule has 0 bridgehead atoms. The Balaban J connectivity index is 1.45. The molecule has 22 heavy (non-hydrogen) atoms. The molecular weight excluding hydrogens is 298 g/mol. The zero-order valence-corrected chi connectivity index (χ0v) is 13.1. The second-order valence-electron chi connectivity index (χ2n) is 5.32. The zero-order valence-electron chi connectivity index (χ0n) is 12.3. The van der Waals surface area contributed by atoms with Gasteiger partial charge in [-0.25, -0.2) is 4.98 Å². The Morgan fingerprint density at radius 3 is 3.23 bits per heavy atom. The van der Waals surface area contributed by atoms with Crippen LogP contribution in [-0.4, -0.2) is 35.1 Å². The van der Waals surface area contributed by atoms with Crippen LogP contribution in [0.3, 0.4) is 0 Å². The number of nitrogens with zero attached hydrogens (tertiary/aromatic N) is 2. The molecule has 3 rings (SSSR count). The van der Waals surface area contributed by atoms with Gasteiger partial charge in [0.2, 0.25) is 5.91 Å². The van der Waals surface area contributed by atoms with E-state index < -0.39 is 0 Å². The largest absolute Gasteiger partial charge is 0.376 e. The SMILES string of the molecule is O=C(CCc1csc(-c2cccnc2)n1)NCC1CCCO1. The fourth-order valence-electron chi connectivity index (χ4n) is 2.41. The Hall–Kier alpha value is -1.79. The second-order valence-corrected chi connectivity index (χ2v) is 6.18. The third kappa shape index (κ3) is 4.11. The summed E-state index contributed by atoms with van der Waals surface area (Å²) in [4.78, 5) is 20.5. The van der Waals surface area contributed by atoms with Gasteiger partial charge in [-0.2, -0.15) is 0 Å². The summed E-state index contributed by atoms with van der Waals surface area (Å²) in [6.07, 6.45) is 7.00.